The number of amides is 1. The second kappa shape index (κ2) is 16.2. The van der Waals surface area contributed by atoms with Crippen molar-refractivity contribution >= 4 is 63.9 Å². The SMILES string of the molecule is O=C(CCc1nnc(Nc2ccccc2Cl)o1)NC1CCN(Cc2ccc(F)c(F)c2)CC1.S=C=Nc1ccccc1Cl. The molecule has 1 saturated heterocycles. The summed E-state index contributed by atoms with van der Waals surface area (Å²) in [6.45, 7) is 2.09. The number of rotatable bonds is 9. The molecular weight excluding hydrogens is 617 g/mol. The van der Waals surface area contributed by atoms with Crippen molar-refractivity contribution in [1.82, 2.24) is 20.4 Å². The number of nitrogens with zero attached hydrogens (tertiary/aromatic N) is 4. The Hall–Kier alpha value is -3.73. The van der Waals surface area contributed by atoms with Crippen molar-refractivity contribution in [3.05, 3.63) is 99.9 Å². The first kappa shape index (κ1) is 32.2. The maximum Gasteiger partial charge on any atom is 0.320 e. The minimum absolute atomic E-state index is 0.0760. The number of aromatic nitrogens is 2. The minimum atomic E-state index is -0.839. The zero-order chi connectivity index (χ0) is 30.6. The van der Waals surface area contributed by atoms with E-state index in [2.05, 4.69) is 48.1 Å². The lowest BCUT2D eigenvalue weighted by molar-refractivity contribution is -0.122. The summed E-state index contributed by atoms with van der Waals surface area (Å²) in [5.74, 6) is -1.38. The monoisotopic (exact) mass is 644 g/mol. The topological polar surface area (TPSA) is 95.7 Å². The van der Waals surface area contributed by atoms with Crippen LogP contribution in [-0.2, 0) is 17.8 Å². The van der Waals surface area contributed by atoms with Gasteiger partial charge in [0.2, 0.25) is 11.8 Å². The predicted molar refractivity (Wildman–Crippen MR) is 166 cm³/mol. The molecular formula is C30H28Cl2F2N6O2S. The van der Waals surface area contributed by atoms with Crippen LogP contribution in [0.2, 0.25) is 10.0 Å². The molecule has 1 fully saturated rings. The van der Waals surface area contributed by atoms with E-state index in [0.717, 1.165) is 37.6 Å². The van der Waals surface area contributed by atoms with Gasteiger partial charge in [-0.2, -0.15) is 4.99 Å². The maximum atomic E-state index is 13.4. The summed E-state index contributed by atoms with van der Waals surface area (Å²) in [7, 11) is 0. The Bertz CT molecular complexity index is 1580. The van der Waals surface area contributed by atoms with E-state index in [9.17, 15) is 13.6 Å². The minimum Gasteiger partial charge on any atom is -0.408 e. The van der Waals surface area contributed by atoms with Gasteiger partial charge in [-0.15, -0.1) is 5.10 Å². The number of likely N-dealkylation sites (tertiary alicyclic amines) is 1. The summed E-state index contributed by atoms with van der Waals surface area (Å²) in [6.07, 6.45) is 2.16. The number of hydrogen-bond donors (Lipinski definition) is 2. The fourth-order valence-electron chi connectivity index (χ4n) is 4.33. The van der Waals surface area contributed by atoms with Crippen molar-refractivity contribution < 1.29 is 18.0 Å². The number of aliphatic imine (C=N–C) groups is 1. The largest absolute Gasteiger partial charge is 0.408 e. The van der Waals surface area contributed by atoms with E-state index in [-0.39, 0.29) is 24.4 Å². The summed E-state index contributed by atoms with van der Waals surface area (Å²) in [6, 6.07) is 18.7. The predicted octanol–water partition coefficient (Wildman–Crippen LogP) is 7.53. The number of anilines is 2. The van der Waals surface area contributed by atoms with Gasteiger partial charge in [0, 0.05) is 38.5 Å². The molecule has 3 aromatic carbocycles. The Morgan fingerprint density at radius 1 is 1.02 bits per heavy atom. The van der Waals surface area contributed by atoms with Gasteiger partial charge in [-0.25, -0.2) is 8.78 Å². The molecule has 0 saturated carbocycles. The number of nitrogens with one attached hydrogen (secondary N) is 2. The Balaban J connectivity index is 0.000000359. The molecule has 0 unspecified atom stereocenters. The van der Waals surface area contributed by atoms with Crippen LogP contribution in [0.1, 0.15) is 30.7 Å². The number of carbonyl (C=O) groups is 1. The number of halogens is 4. The highest BCUT2D eigenvalue weighted by Gasteiger charge is 2.21. The molecule has 2 N–H and O–H groups in total. The molecule has 13 heteroatoms. The van der Waals surface area contributed by atoms with E-state index in [1.165, 1.54) is 6.07 Å². The molecule has 0 spiro atoms. The van der Waals surface area contributed by atoms with E-state index in [4.69, 9.17) is 27.6 Å². The van der Waals surface area contributed by atoms with Crippen LogP contribution in [0.5, 0.6) is 0 Å². The molecule has 1 aliphatic rings. The van der Waals surface area contributed by atoms with E-state index >= 15 is 0 Å². The van der Waals surface area contributed by atoms with Gasteiger partial charge in [0.25, 0.3) is 0 Å². The lowest BCUT2D eigenvalue weighted by Crippen LogP contribution is -2.44. The van der Waals surface area contributed by atoms with Gasteiger partial charge >= 0.3 is 6.01 Å². The molecule has 2 heterocycles. The van der Waals surface area contributed by atoms with Gasteiger partial charge in [0.15, 0.2) is 11.6 Å². The van der Waals surface area contributed by atoms with Gasteiger partial charge in [-0.1, -0.05) is 58.6 Å². The first-order valence-electron chi connectivity index (χ1n) is 13.4. The first-order chi connectivity index (χ1) is 20.8. The van der Waals surface area contributed by atoms with Crippen molar-refractivity contribution in [3.8, 4) is 0 Å². The third kappa shape index (κ3) is 10.2. The molecule has 224 valence electrons. The summed E-state index contributed by atoms with van der Waals surface area (Å²) in [5, 5.41) is 17.3. The van der Waals surface area contributed by atoms with Crippen molar-refractivity contribution in [3.63, 3.8) is 0 Å². The summed E-state index contributed by atoms with van der Waals surface area (Å²) in [5.41, 5.74) is 2.06. The number of isothiocyanates is 1. The molecule has 0 radical (unpaired) electrons. The van der Waals surface area contributed by atoms with E-state index in [1.807, 2.05) is 24.3 Å². The summed E-state index contributed by atoms with van der Waals surface area (Å²) >= 11 is 16.2. The first-order valence-corrected chi connectivity index (χ1v) is 14.6. The fourth-order valence-corrected chi connectivity index (χ4v) is 4.79. The number of thiocarbonyl (C=S) groups is 1. The molecule has 0 aliphatic carbocycles. The second-order valence-electron chi connectivity index (χ2n) is 9.63. The van der Waals surface area contributed by atoms with Gasteiger partial charge < -0.3 is 15.1 Å². The van der Waals surface area contributed by atoms with Crippen molar-refractivity contribution in [2.45, 2.75) is 38.3 Å². The lowest BCUT2D eigenvalue weighted by atomic mass is 10.0. The Labute approximate surface area is 263 Å². The smallest absolute Gasteiger partial charge is 0.320 e. The molecule has 43 heavy (non-hydrogen) atoms. The molecule has 0 bridgehead atoms. The van der Waals surface area contributed by atoms with Gasteiger partial charge in [-0.05, 0) is 67.0 Å². The average molecular weight is 646 g/mol. The summed E-state index contributed by atoms with van der Waals surface area (Å²) in [4.78, 5) is 18.3. The van der Waals surface area contributed by atoms with Crippen LogP contribution in [0.25, 0.3) is 0 Å². The second-order valence-corrected chi connectivity index (χ2v) is 10.6. The molecule has 4 aromatic rings. The molecule has 8 nitrogen and oxygen atoms in total. The van der Waals surface area contributed by atoms with E-state index < -0.39 is 11.6 Å². The van der Waals surface area contributed by atoms with E-state index in [1.54, 1.807) is 30.3 Å². The van der Waals surface area contributed by atoms with Crippen LogP contribution in [0.3, 0.4) is 0 Å². The van der Waals surface area contributed by atoms with Crippen LogP contribution in [0, 0.1) is 11.6 Å². The molecule has 1 aliphatic heterocycles. The standard InChI is InChI=1S/C23H24ClF2N5O2.C7H4ClNS/c24-17-3-1-2-4-20(17)28-23-30-29-22(33-23)8-7-21(32)27-16-9-11-31(12-10-16)14-15-5-6-18(25)19(26)13-15;8-6-3-1-2-4-7(6)9-5-10/h1-6,13,16H,7-12,14H2,(H,27,32)(H,28,30);1-4H. The molecule has 1 amide bonds. The number of para-hydroxylation sites is 2. The third-order valence-corrected chi connectivity index (χ3v) is 7.25. The number of benzene rings is 3. The van der Waals surface area contributed by atoms with Crippen LogP contribution < -0.4 is 10.6 Å². The molecule has 0 atom stereocenters. The Morgan fingerprint density at radius 2 is 1.74 bits per heavy atom. The Morgan fingerprint density at radius 3 is 2.44 bits per heavy atom. The number of aryl methyl sites for hydroxylation is 1. The zero-order valence-corrected chi connectivity index (χ0v) is 25.2. The van der Waals surface area contributed by atoms with Gasteiger partial charge in [0.05, 0.1) is 26.6 Å². The van der Waals surface area contributed by atoms with Crippen LogP contribution in [0.4, 0.5) is 26.2 Å². The highest BCUT2D eigenvalue weighted by molar-refractivity contribution is 7.78. The van der Waals surface area contributed by atoms with Gasteiger partial charge in [0.1, 0.15) is 0 Å². The lowest BCUT2D eigenvalue weighted by Gasteiger charge is -2.32. The third-order valence-electron chi connectivity index (χ3n) is 6.51. The number of carbonyl (C=O) groups excluding carboxylic acids is 1. The van der Waals surface area contributed by atoms with Crippen molar-refractivity contribution in [2.75, 3.05) is 18.4 Å². The molecule has 1 aromatic heterocycles. The fraction of sp³-hybridized carbons (Fsp3) is 0.267. The highest BCUT2D eigenvalue weighted by atomic mass is 35.5. The summed E-state index contributed by atoms with van der Waals surface area (Å²) < 4.78 is 32.0. The van der Waals surface area contributed by atoms with Crippen LogP contribution >= 0.6 is 35.4 Å². The average Bonchev–Trinajstić information content (AvgIpc) is 3.45. The number of piperidine rings is 1. The maximum absolute atomic E-state index is 13.4. The quantitative estimate of drug-likeness (QED) is 0.144. The van der Waals surface area contributed by atoms with Crippen LogP contribution in [0.15, 0.2) is 76.1 Å². The van der Waals surface area contributed by atoms with Crippen LogP contribution in [-0.4, -0.2) is 45.3 Å². The van der Waals surface area contributed by atoms with Crippen molar-refractivity contribution in [2.24, 2.45) is 4.99 Å². The normalized spacial score (nSPS) is 13.4. The van der Waals surface area contributed by atoms with Gasteiger partial charge in [-0.3, -0.25) is 9.69 Å². The number of hydrogen-bond acceptors (Lipinski definition) is 8. The Kier molecular flexibility index (Phi) is 12.1. The highest BCUT2D eigenvalue weighted by Crippen LogP contribution is 2.24. The van der Waals surface area contributed by atoms with E-state index in [0.29, 0.717) is 40.3 Å². The van der Waals surface area contributed by atoms with Crippen molar-refractivity contribution in [1.29, 1.82) is 0 Å². The molecule has 5 rings (SSSR count). The zero-order valence-electron chi connectivity index (χ0n) is 22.9.